The molecule has 12 heavy (non-hydrogen) atoms. The smallest absolute Gasteiger partial charge is 0.382 e. The lowest BCUT2D eigenvalue weighted by Crippen LogP contribution is -2.01. The van der Waals surface area contributed by atoms with Crippen LogP contribution in [0.5, 0.6) is 0 Å². The number of rotatable bonds is 1. The molecule has 0 saturated heterocycles. The van der Waals surface area contributed by atoms with Crippen LogP contribution in [0.3, 0.4) is 0 Å². The van der Waals surface area contributed by atoms with E-state index < -0.39 is 5.51 Å². The second-order valence-electron chi connectivity index (χ2n) is 1.83. The molecular weight excluding hydrogens is 191 g/mol. The van der Waals surface area contributed by atoms with Gasteiger partial charge in [0.05, 0.1) is 12.4 Å². The van der Waals surface area contributed by atoms with E-state index in [1.165, 1.54) is 0 Å². The van der Waals surface area contributed by atoms with E-state index >= 15 is 0 Å². The molecule has 0 aromatic carbocycles. The van der Waals surface area contributed by atoms with Crippen molar-refractivity contribution in [3.63, 3.8) is 0 Å². The average Bonchev–Trinajstić information content (AvgIpc) is 1.91. The van der Waals surface area contributed by atoms with Crippen LogP contribution in [0.15, 0.2) is 17.4 Å². The molecule has 1 aromatic heterocycles. The van der Waals surface area contributed by atoms with Crippen molar-refractivity contribution in [3.8, 4) is 0 Å². The summed E-state index contributed by atoms with van der Waals surface area (Å²) in [5.41, 5.74) is 0.798. The van der Waals surface area contributed by atoms with Gasteiger partial charge in [-0.2, -0.15) is 13.2 Å². The maximum Gasteiger partial charge on any atom is 0.447 e. The number of nitrogen functional groups attached to an aromatic ring is 1. The van der Waals surface area contributed by atoms with Gasteiger partial charge in [-0.15, -0.1) is 0 Å². The van der Waals surface area contributed by atoms with Crippen molar-refractivity contribution in [1.29, 1.82) is 0 Å². The van der Waals surface area contributed by atoms with Crippen molar-refractivity contribution in [1.82, 2.24) is 9.97 Å². The first kappa shape index (κ1) is 9.11. The molecule has 7 heteroatoms. The molecule has 0 saturated carbocycles. The van der Waals surface area contributed by atoms with Crippen LogP contribution in [-0.2, 0) is 0 Å². The predicted octanol–water partition coefficient (Wildman–Crippen LogP) is 1.67. The Labute approximate surface area is 70.2 Å². The number of nitrogens with two attached hydrogens (primary N) is 1. The lowest BCUT2D eigenvalue weighted by Gasteiger charge is -2.03. The second-order valence-corrected chi connectivity index (χ2v) is 2.91. The van der Waals surface area contributed by atoms with E-state index in [2.05, 4.69) is 9.97 Å². The number of halogens is 3. The van der Waals surface area contributed by atoms with Crippen LogP contribution >= 0.6 is 11.8 Å². The lowest BCUT2D eigenvalue weighted by molar-refractivity contribution is -0.0329. The molecule has 1 aromatic rings. The highest BCUT2D eigenvalue weighted by molar-refractivity contribution is 8.00. The zero-order valence-electron chi connectivity index (χ0n) is 5.67. The van der Waals surface area contributed by atoms with Gasteiger partial charge in [0.15, 0.2) is 0 Å². The molecule has 0 bridgehead atoms. The zero-order chi connectivity index (χ0) is 9.19. The second kappa shape index (κ2) is 3.18. The van der Waals surface area contributed by atoms with E-state index in [4.69, 9.17) is 5.73 Å². The Hall–Kier alpha value is -0.980. The summed E-state index contributed by atoms with van der Waals surface area (Å²) in [5.74, 6) is 0.0986. The van der Waals surface area contributed by atoms with Gasteiger partial charge < -0.3 is 5.73 Å². The minimum Gasteiger partial charge on any atom is -0.382 e. The SMILES string of the molecule is Nc1cnc(SC(F)(F)F)cn1. The van der Waals surface area contributed by atoms with Gasteiger partial charge in [-0.25, -0.2) is 9.97 Å². The molecule has 2 N–H and O–H groups in total. The number of anilines is 1. The van der Waals surface area contributed by atoms with Crippen molar-refractivity contribution in [3.05, 3.63) is 12.4 Å². The molecule has 0 aliphatic carbocycles. The third-order valence-corrected chi connectivity index (χ3v) is 1.52. The van der Waals surface area contributed by atoms with Gasteiger partial charge in [0.1, 0.15) is 10.8 Å². The summed E-state index contributed by atoms with van der Waals surface area (Å²) in [6.07, 6.45) is 2.06. The molecule has 66 valence electrons. The quantitative estimate of drug-likeness (QED) is 0.692. The Morgan fingerprint density at radius 2 is 1.92 bits per heavy atom. The molecule has 0 unspecified atom stereocenters. The van der Waals surface area contributed by atoms with Crippen molar-refractivity contribution in [2.75, 3.05) is 5.73 Å². The summed E-state index contributed by atoms with van der Waals surface area (Å²) < 4.78 is 35.1. The van der Waals surface area contributed by atoms with E-state index in [1.54, 1.807) is 0 Å². The Morgan fingerprint density at radius 3 is 2.33 bits per heavy atom. The summed E-state index contributed by atoms with van der Waals surface area (Å²) in [4.78, 5) is 6.88. The van der Waals surface area contributed by atoms with Gasteiger partial charge in [-0.1, -0.05) is 0 Å². The Bertz CT molecular complexity index is 258. The van der Waals surface area contributed by atoms with Crippen LogP contribution in [0.25, 0.3) is 0 Å². The minimum atomic E-state index is -4.33. The normalized spacial score (nSPS) is 11.6. The van der Waals surface area contributed by atoms with Crippen LogP contribution in [0.1, 0.15) is 0 Å². The Morgan fingerprint density at radius 1 is 1.25 bits per heavy atom. The predicted molar refractivity (Wildman–Crippen MR) is 38.4 cm³/mol. The van der Waals surface area contributed by atoms with Gasteiger partial charge >= 0.3 is 5.51 Å². The highest BCUT2D eigenvalue weighted by Gasteiger charge is 2.30. The standard InChI is InChI=1S/C5H4F3N3S/c6-5(7,8)12-4-2-10-3(9)1-11-4/h1-2H,(H2,9,10). The molecule has 1 rings (SSSR count). The van der Waals surface area contributed by atoms with E-state index in [1.807, 2.05) is 0 Å². The van der Waals surface area contributed by atoms with Crippen LogP contribution in [0, 0.1) is 0 Å². The summed E-state index contributed by atoms with van der Waals surface area (Å²) in [6, 6.07) is 0. The van der Waals surface area contributed by atoms with Crippen LogP contribution in [-0.4, -0.2) is 15.5 Å². The number of hydrogen-bond acceptors (Lipinski definition) is 4. The lowest BCUT2D eigenvalue weighted by atomic mass is 10.7. The number of aromatic nitrogens is 2. The molecule has 1 heterocycles. The van der Waals surface area contributed by atoms with E-state index in [0.29, 0.717) is 0 Å². The monoisotopic (exact) mass is 195 g/mol. The van der Waals surface area contributed by atoms with Gasteiger partial charge in [-0.3, -0.25) is 0 Å². The largest absolute Gasteiger partial charge is 0.447 e. The molecule has 0 radical (unpaired) electrons. The fourth-order valence-corrected chi connectivity index (χ4v) is 0.945. The van der Waals surface area contributed by atoms with E-state index in [9.17, 15) is 13.2 Å². The number of thioether (sulfide) groups is 1. The van der Waals surface area contributed by atoms with E-state index in [0.717, 1.165) is 12.4 Å². The topological polar surface area (TPSA) is 51.8 Å². The molecule has 0 aliphatic heterocycles. The number of hydrogen-bond donors (Lipinski definition) is 1. The molecule has 0 amide bonds. The van der Waals surface area contributed by atoms with Gasteiger partial charge in [0.2, 0.25) is 0 Å². The fraction of sp³-hybridized carbons (Fsp3) is 0.200. The third-order valence-electron chi connectivity index (χ3n) is 0.868. The molecule has 0 spiro atoms. The maximum absolute atomic E-state index is 11.7. The minimum absolute atomic E-state index is 0.0986. The molecule has 0 fully saturated rings. The Kier molecular flexibility index (Phi) is 2.41. The molecular formula is C5H4F3N3S. The van der Waals surface area contributed by atoms with Crippen molar-refractivity contribution in [2.45, 2.75) is 10.5 Å². The van der Waals surface area contributed by atoms with Crippen molar-refractivity contribution >= 4 is 17.6 Å². The van der Waals surface area contributed by atoms with Crippen LogP contribution in [0.4, 0.5) is 19.0 Å². The maximum atomic E-state index is 11.7. The van der Waals surface area contributed by atoms with Crippen molar-refractivity contribution < 1.29 is 13.2 Å². The fourth-order valence-electron chi connectivity index (χ4n) is 0.497. The third kappa shape index (κ3) is 2.95. The molecule has 0 atom stereocenters. The number of nitrogens with zero attached hydrogens (tertiary/aromatic N) is 2. The number of alkyl halides is 3. The first-order valence-corrected chi connectivity index (χ1v) is 3.62. The highest BCUT2D eigenvalue weighted by Crippen LogP contribution is 2.35. The first-order valence-electron chi connectivity index (χ1n) is 2.80. The van der Waals surface area contributed by atoms with Gasteiger partial charge in [0, 0.05) is 11.8 Å². The van der Waals surface area contributed by atoms with Gasteiger partial charge in [-0.05, 0) is 0 Å². The Balaban J connectivity index is 2.71. The van der Waals surface area contributed by atoms with Gasteiger partial charge in [0.25, 0.3) is 0 Å². The van der Waals surface area contributed by atoms with Crippen LogP contribution in [0.2, 0.25) is 0 Å². The van der Waals surface area contributed by atoms with Crippen LogP contribution < -0.4 is 5.73 Å². The highest BCUT2D eigenvalue weighted by atomic mass is 32.2. The zero-order valence-corrected chi connectivity index (χ0v) is 6.49. The summed E-state index contributed by atoms with van der Waals surface area (Å²) in [5, 5.41) is -0.211. The van der Waals surface area contributed by atoms with Crippen molar-refractivity contribution in [2.24, 2.45) is 0 Å². The van der Waals surface area contributed by atoms with E-state index in [-0.39, 0.29) is 22.6 Å². The molecule has 3 nitrogen and oxygen atoms in total. The average molecular weight is 195 g/mol. The first-order chi connectivity index (χ1) is 5.47. The molecule has 0 aliphatic rings. The summed E-state index contributed by atoms with van der Waals surface area (Å²) in [6.45, 7) is 0. The summed E-state index contributed by atoms with van der Waals surface area (Å²) >= 11 is -0.320. The summed E-state index contributed by atoms with van der Waals surface area (Å²) in [7, 11) is 0.